The highest BCUT2D eigenvalue weighted by atomic mass is 16.3. The van der Waals surface area contributed by atoms with Gasteiger partial charge in [0, 0.05) is 19.6 Å². The standard InChI is InChI=1S/C16H26O4/c1-15(20)7-5-12-9-11(10-18)3-4-13(12)16(15,2)14(19)6-8-17/h5,7,11-13,17-18,20H,3-4,6,8-10H2,1-2H3/t11-,12-,13-,15+,16-/m0/s1. The lowest BCUT2D eigenvalue weighted by Crippen LogP contribution is -2.58. The molecule has 2 rings (SSSR count). The number of aliphatic hydroxyl groups excluding tert-OH is 2. The Balaban J connectivity index is 2.34. The normalized spacial score (nSPS) is 44.1. The largest absolute Gasteiger partial charge is 0.396 e. The number of Topliss-reactive ketones (excluding diaryl/α,β-unsaturated/α-hetero) is 1. The number of aliphatic hydroxyl groups is 3. The summed E-state index contributed by atoms with van der Waals surface area (Å²) < 4.78 is 0. The van der Waals surface area contributed by atoms with Gasteiger partial charge < -0.3 is 15.3 Å². The van der Waals surface area contributed by atoms with Gasteiger partial charge in [0.1, 0.15) is 5.78 Å². The molecule has 0 bridgehead atoms. The summed E-state index contributed by atoms with van der Waals surface area (Å²) in [6.45, 7) is 3.54. The fourth-order valence-corrected chi connectivity index (χ4v) is 4.10. The van der Waals surface area contributed by atoms with E-state index < -0.39 is 11.0 Å². The minimum Gasteiger partial charge on any atom is -0.396 e. The van der Waals surface area contributed by atoms with Crippen LogP contribution in [0.25, 0.3) is 0 Å². The Hall–Kier alpha value is -0.710. The number of carbonyl (C=O) groups is 1. The third-order valence-electron chi connectivity index (χ3n) is 5.65. The SMILES string of the molecule is C[C@@]1(O)C=C[C@H]2C[C@@H](CO)CC[C@@H]2[C@@]1(C)C(=O)CCO. The van der Waals surface area contributed by atoms with Gasteiger partial charge in [-0.15, -0.1) is 0 Å². The third kappa shape index (κ3) is 2.34. The average Bonchev–Trinajstić information content (AvgIpc) is 2.43. The highest BCUT2D eigenvalue weighted by Crippen LogP contribution is 2.54. The lowest BCUT2D eigenvalue weighted by Gasteiger charge is -2.53. The van der Waals surface area contributed by atoms with E-state index in [9.17, 15) is 15.0 Å². The summed E-state index contributed by atoms with van der Waals surface area (Å²) >= 11 is 0. The first-order chi connectivity index (χ1) is 9.36. The van der Waals surface area contributed by atoms with Crippen LogP contribution in [0, 0.1) is 23.2 Å². The van der Waals surface area contributed by atoms with Crippen molar-refractivity contribution in [3.8, 4) is 0 Å². The zero-order valence-electron chi connectivity index (χ0n) is 12.4. The van der Waals surface area contributed by atoms with E-state index in [1.165, 1.54) is 0 Å². The van der Waals surface area contributed by atoms with Crippen LogP contribution in [-0.2, 0) is 4.79 Å². The van der Waals surface area contributed by atoms with E-state index in [1.54, 1.807) is 13.0 Å². The zero-order chi connectivity index (χ0) is 15.0. The predicted octanol–water partition coefficient (Wildman–Crippen LogP) is 1.29. The van der Waals surface area contributed by atoms with Crippen molar-refractivity contribution in [3.05, 3.63) is 12.2 Å². The molecule has 2 aliphatic rings. The topological polar surface area (TPSA) is 77.8 Å². The van der Waals surface area contributed by atoms with Crippen LogP contribution in [0.4, 0.5) is 0 Å². The van der Waals surface area contributed by atoms with Crippen molar-refractivity contribution in [1.82, 2.24) is 0 Å². The molecule has 1 fully saturated rings. The van der Waals surface area contributed by atoms with Crippen LogP contribution in [0.1, 0.15) is 39.5 Å². The lowest BCUT2D eigenvalue weighted by molar-refractivity contribution is -0.154. The molecule has 4 heteroatoms. The van der Waals surface area contributed by atoms with E-state index in [0.717, 1.165) is 19.3 Å². The molecule has 0 aromatic carbocycles. The number of allylic oxidation sites excluding steroid dienone is 1. The van der Waals surface area contributed by atoms with Crippen LogP contribution in [-0.4, -0.2) is 39.9 Å². The molecule has 3 N–H and O–H groups in total. The summed E-state index contributed by atoms with van der Waals surface area (Å²) in [5, 5.41) is 29.1. The van der Waals surface area contributed by atoms with Crippen molar-refractivity contribution in [3.63, 3.8) is 0 Å². The van der Waals surface area contributed by atoms with E-state index in [0.29, 0.717) is 5.92 Å². The molecule has 0 saturated heterocycles. The number of fused-ring (bicyclic) bond motifs is 1. The lowest BCUT2D eigenvalue weighted by atomic mass is 9.52. The fourth-order valence-electron chi connectivity index (χ4n) is 4.10. The zero-order valence-corrected chi connectivity index (χ0v) is 12.4. The summed E-state index contributed by atoms with van der Waals surface area (Å²) in [5.41, 5.74) is -2.03. The van der Waals surface area contributed by atoms with Gasteiger partial charge in [-0.2, -0.15) is 0 Å². The molecule has 0 aliphatic heterocycles. The van der Waals surface area contributed by atoms with Crippen LogP contribution in [0.3, 0.4) is 0 Å². The highest BCUT2D eigenvalue weighted by Gasteiger charge is 2.56. The second kappa shape index (κ2) is 5.58. The molecule has 20 heavy (non-hydrogen) atoms. The number of carbonyl (C=O) groups excluding carboxylic acids is 1. The summed E-state index contributed by atoms with van der Waals surface area (Å²) in [7, 11) is 0. The predicted molar refractivity (Wildman–Crippen MR) is 76.0 cm³/mol. The van der Waals surface area contributed by atoms with Crippen molar-refractivity contribution in [2.24, 2.45) is 23.2 Å². The number of rotatable bonds is 4. The van der Waals surface area contributed by atoms with Gasteiger partial charge in [0.15, 0.2) is 0 Å². The van der Waals surface area contributed by atoms with Crippen molar-refractivity contribution in [1.29, 1.82) is 0 Å². The Bertz CT molecular complexity index is 401. The van der Waals surface area contributed by atoms with Crippen LogP contribution in [0.15, 0.2) is 12.2 Å². The first kappa shape index (κ1) is 15.7. The highest BCUT2D eigenvalue weighted by molar-refractivity contribution is 5.87. The van der Waals surface area contributed by atoms with Crippen molar-refractivity contribution < 1.29 is 20.1 Å². The van der Waals surface area contributed by atoms with Crippen LogP contribution < -0.4 is 0 Å². The first-order valence-corrected chi connectivity index (χ1v) is 7.53. The quantitative estimate of drug-likeness (QED) is 0.679. The molecule has 0 radical (unpaired) electrons. The Morgan fingerprint density at radius 2 is 2.00 bits per heavy atom. The smallest absolute Gasteiger partial charge is 0.144 e. The molecule has 0 aromatic heterocycles. The van der Waals surface area contributed by atoms with E-state index >= 15 is 0 Å². The summed E-state index contributed by atoms with van der Waals surface area (Å²) in [6.07, 6.45) is 6.44. The van der Waals surface area contributed by atoms with Crippen molar-refractivity contribution in [2.75, 3.05) is 13.2 Å². The second-order valence-corrected chi connectivity index (χ2v) is 6.74. The summed E-state index contributed by atoms with van der Waals surface area (Å²) in [6, 6.07) is 0. The van der Waals surface area contributed by atoms with E-state index in [2.05, 4.69) is 0 Å². The molecule has 0 amide bonds. The van der Waals surface area contributed by atoms with E-state index in [1.807, 2.05) is 13.0 Å². The van der Waals surface area contributed by atoms with Gasteiger partial charge in [0.05, 0.1) is 11.0 Å². The Kier molecular flexibility index (Phi) is 4.38. The second-order valence-electron chi connectivity index (χ2n) is 6.74. The fraction of sp³-hybridized carbons (Fsp3) is 0.812. The molecule has 0 spiro atoms. The van der Waals surface area contributed by atoms with Gasteiger partial charge in [-0.25, -0.2) is 0 Å². The molecule has 114 valence electrons. The molecule has 2 aliphatic carbocycles. The maximum atomic E-state index is 12.5. The summed E-state index contributed by atoms with van der Waals surface area (Å²) in [5.74, 6) is 0.547. The van der Waals surface area contributed by atoms with E-state index in [4.69, 9.17) is 5.11 Å². The molecule has 0 unspecified atom stereocenters. The third-order valence-corrected chi connectivity index (χ3v) is 5.65. The minimum absolute atomic E-state index is 0.0631. The molecule has 5 atom stereocenters. The molecule has 1 saturated carbocycles. The number of ketones is 1. The van der Waals surface area contributed by atoms with Crippen LogP contribution >= 0.6 is 0 Å². The Morgan fingerprint density at radius 1 is 1.30 bits per heavy atom. The van der Waals surface area contributed by atoms with Crippen LogP contribution in [0.2, 0.25) is 0 Å². The van der Waals surface area contributed by atoms with Crippen LogP contribution in [0.5, 0.6) is 0 Å². The average molecular weight is 282 g/mol. The Morgan fingerprint density at radius 3 is 2.60 bits per heavy atom. The maximum absolute atomic E-state index is 12.5. The summed E-state index contributed by atoms with van der Waals surface area (Å²) in [4.78, 5) is 12.5. The van der Waals surface area contributed by atoms with Gasteiger partial charge in [-0.05, 0) is 50.9 Å². The minimum atomic E-state index is -1.17. The van der Waals surface area contributed by atoms with Gasteiger partial charge >= 0.3 is 0 Å². The molecule has 4 nitrogen and oxygen atoms in total. The first-order valence-electron chi connectivity index (χ1n) is 7.53. The molecule has 0 aromatic rings. The molecular weight excluding hydrogens is 256 g/mol. The maximum Gasteiger partial charge on any atom is 0.144 e. The van der Waals surface area contributed by atoms with Gasteiger partial charge in [0.25, 0.3) is 0 Å². The van der Waals surface area contributed by atoms with Crippen molar-refractivity contribution in [2.45, 2.75) is 45.1 Å². The van der Waals surface area contributed by atoms with E-state index in [-0.39, 0.29) is 37.3 Å². The molecular formula is C16H26O4. The molecule has 0 heterocycles. The van der Waals surface area contributed by atoms with Gasteiger partial charge in [0.2, 0.25) is 0 Å². The van der Waals surface area contributed by atoms with Gasteiger partial charge in [-0.1, -0.05) is 12.2 Å². The van der Waals surface area contributed by atoms with Gasteiger partial charge in [-0.3, -0.25) is 4.79 Å². The Labute approximate surface area is 120 Å². The monoisotopic (exact) mass is 282 g/mol. The number of hydrogen-bond acceptors (Lipinski definition) is 4. The number of hydrogen-bond donors (Lipinski definition) is 3. The van der Waals surface area contributed by atoms with Crippen molar-refractivity contribution >= 4 is 5.78 Å².